The molecule has 1 aromatic heterocycles. The number of fused-ring (bicyclic) bond motifs is 1. The Hall–Kier alpha value is -3.11. The number of rotatable bonds is 10. The smallest absolute Gasteiger partial charge is 0.300 e. The van der Waals surface area contributed by atoms with Crippen LogP contribution in [0.2, 0.25) is 0 Å². The lowest BCUT2D eigenvalue weighted by atomic mass is 9.91. The number of aromatic nitrogens is 2. The molecule has 7 nitrogen and oxygen atoms in total. The first-order valence-corrected chi connectivity index (χ1v) is 11.7. The van der Waals surface area contributed by atoms with Crippen molar-refractivity contribution < 1.29 is 27.8 Å². The molecule has 0 radical (unpaired) electrons. The molecule has 0 unspecified atom stereocenters. The van der Waals surface area contributed by atoms with E-state index in [0.717, 1.165) is 19.9 Å². The third-order valence-electron chi connectivity index (χ3n) is 5.62. The number of anilines is 2. The molecular formula is C26H33F3N4O3. The molecule has 196 valence electrons. The highest BCUT2D eigenvalue weighted by molar-refractivity contribution is 5.90. The summed E-state index contributed by atoms with van der Waals surface area (Å²) in [7, 11) is 0. The van der Waals surface area contributed by atoms with Crippen molar-refractivity contribution in [3.8, 4) is 5.75 Å². The number of nitrogens with zero attached hydrogens (tertiary/aromatic N) is 2. The SMILES string of the molecule is Cc1nc(N[C@H](C)c2cc(N)cc(C(F)(F)C(C)(C)O)c2)c2cc(OCCOC(C)C)c(F)cc2n1. The second kappa shape index (κ2) is 10.5. The molecule has 2 aromatic carbocycles. The van der Waals surface area contributed by atoms with E-state index in [4.69, 9.17) is 15.2 Å². The number of benzene rings is 2. The van der Waals surface area contributed by atoms with Crippen molar-refractivity contribution in [2.75, 3.05) is 24.3 Å². The van der Waals surface area contributed by atoms with Crippen LogP contribution in [0.1, 0.15) is 57.6 Å². The Labute approximate surface area is 208 Å². The van der Waals surface area contributed by atoms with Gasteiger partial charge in [0, 0.05) is 22.7 Å². The second-order valence-corrected chi connectivity index (χ2v) is 9.58. The monoisotopic (exact) mass is 506 g/mol. The fourth-order valence-corrected chi connectivity index (χ4v) is 3.65. The topological polar surface area (TPSA) is 103 Å². The van der Waals surface area contributed by atoms with E-state index in [0.29, 0.717) is 34.7 Å². The summed E-state index contributed by atoms with van der Waals surface area (Å²) >= 11 is 0. The van der Waals surface area contributed by atoms with Crippen LogP contribution in [-0.2, 0) is 10.7 Å². The molecule has 3 rings (SSSR count). The van der Waals surface area contributed by atoms with E-state index in [1.165, 1.54) is 18.2 Å². The van der Waals surface area contributed by atoms with Crippen molar-refractivity contribution in [1.82, 2.24) is 9.97 Å². The summed E-state index contributed by atoms with van der Waals surface area (Å²) in [5.41, 5.74) is 4.19. The van der Waals surface area contributed by atoms with Gasteiger partial charge in [-0.25, -0.2) is 14.4 Å². The minimum atomic E-state index is -3.53. The van der Waals surface area contributed by atoms with Crippen molar-refractivity contribution in [3.63, 3.8) is 0 Å². The lowest BCUT2D eigenvalue weighted by Gasteiger charge is -2.30. The molecule has 0 amide bonds. The Morgan fingerprint density at radius 1 is 1.06 bits per heavy atom. The number of halogens is 3. The Morgan fingerprint density at radius 2 is 1.75 bits per heavy atom. The lowest BCUT2D eigenvalue weighted by molar-refractivity contribution is -0.168. The largest absolute Gasteiger partial charge is 0.488 e. The maximum absolute atomic E-state index is 14.8. The fourth-order valence-electron chi connectivity index (χ4n) is 3.65. The second-order valence-electron chi connectivity index (χ2n) is 9.58. The van der Waals surface area contributed by atoms with Gasteiger partial charge in [0.1, 0.15) is 23.9 Å². The number of nitrogens with two attached hydrogens (primary N) is 1. The molecule has 10 heteroatoms. The Bertz CT molecular complexity index is 1230. The molecule has 0 fully saturated rings. The molecule has 0 aliphatic rings. The van der Waals surface area contributed by atoms with Gasteiger partial charge < -0.3 is 25.6 Å². The van der Waals surface area contributed by atoms with E-state index in [-0.39, 0.29) is 24.1 Å². The van der Waals surface area contributed by atoms with Crippen LogP contribution in [0.25, 0.3) is 10.9 Å². The van der Waals surface area contributed by atoms with E-state index in [1.54, 1.807) is 19.9 Å². The normalized spacial score (nSPS) is 13.3. The molecule has 0 spiro atoms. The number of aliphatic hydroxyl groups is 1. The molecule has 3 aromatic rings. The summed E-state index contributed by atoms with van der Waals surface area (Å²) in [6, 6.07) is 6.26. The van der Waals surface area contributed by atoms with Crippen molar-refractivity contribution in [2.24, 2.45) is 0 Å². The average Bonchev–Trinajstić information content (AvgIpc) is 2.75. The summed E-state index contributed by atoms with van der Waals surface area (Å²) in [4.78, 5) is 8.75. The Kier molecular flexibility index (Phi) is 8.00. The first kappa shape index (κ1) is 27.5. The minimum Gasteiger partial charge on any atom is -0.488 e. The summed E-state index contributed by atoms with van der Waals surface area (Å²) in [5.74, 6) is -3.30. The zero-order valence-electron chi connectivity index (χ0n) is 21.3. The van der Waals surface area contributed by atoms with Gasteiger partial charge in [0.05, 0.1) is 24.3 Å². The van der Waals surface area contributed by atoms with Crippen molar-refractivity contribution >= 4 is 22.4 Å². The first-order valence-electron chi connectivity index (χ1n) is 11.7. The molecule has 1 heterocycles. The van der Waals surface area contributed by atoms with Crippen LogP contribution in [0.5, 0.6) is 5.75 Å². The third-order valence-corrected chi connectivity index (χ3v) is 5.62. The van der Waals surface area contributed by atoms with Crippen LogP contribution in [-0.4, -0.2) is 40.0 Å². The van der Waals surface area contributed by atoms with Crippen LogP contribution in [0, 0.1) is 12.7 Å². The maximum atomic E-state index is 14.8. The van der Waals surface area contributed by atoms with E-state index < -0.39 is 28.9 Å². The van der Waals surface area contributed by atoms with Crippen LogP contribution < -0.4 is 15.8 Å². The molecule has 0 aliphatic carbocycles. The summed E-state index contributed by atoms with van der Waals surface area (Å²) in [6.07, 6.45) is 0.0275. The Balaban J connectivity index is 1.94. The molecule has 0 saturated heterocycles. The zero-order chi connectivity index (χ0) is 26.8. The summed E-state index contributed by atoms with van der Waals surface area (Å²) in [5, 5.41) is 13.7. The van der Waals surface area contributed by atoms with Crippen molar-refractivity contribution in [2.45, 2.75) is 65.2 Å². The standard InChI is InChI=1S/C26H33F3N4O3/c1-14(2)35-7-8-36-23-12-20-22(13-21(23)27)32-16(4)33-24(20)31-15(3)17-9-18(11-19(30)10-17)26(28,29)25(5,6)34/h9-15,34H,7-8,30H2,1-6H3,(H,31,32,33)/t15-/m1/s1. The average molecular weight is 507 g/mol. The number of aryl methyl sites for hydroxylation is 1. The first-order chi connectivity index (χ1) is 16.7. The van der Waals surface area contributed by atoms with Crippen LogP contribution in [0.4, 0.5) is 24.7 Å². The van der Waals surface area contributed by atoms with Gasteiger partial charge in [-0.05, 0) is 71.4 Å². The van der Waals surface area contributed by atoms with E-state index in [1.807, 2.05) is 13.8 Å². The third kappa shape index (κ3) is 6.17. The molecular weight excluding hydrogens is 473 g/mol. The van der Waals surface area contributed by atoms with E-state index >= 15 is 0 Å². The predicted molar refractivity (Wildman–Crippen MR) is 134 cm³/mol. The number of nitrogen functional groups attached to an aromatic ring is 1. The van der Waals surface area contributed by atoms with Crippen LogP contribution in [0.15, 0.2) is 30.3 Å². The highest BCUT2D eigenvalue weighted by Crippen LogP contribution is 2.40. The molecule has 0 saturated carbocycles. The van der Waals surface area contributed by atoms with Gasteiger partial charge in [-0.1, -0.05) is 0 Å². The van der Waals surface area contributed by atoms with Crippen molar-refractivity contribution in [3.05, 3.63) is 53.1 Å². The minimum absolute atomic E-state index is 0.0223. The maximum Gasteiger partial charge on any atom is 0.300 e. The molecule has 4 N–H and O–H groups in total. The fraction of sp³-hybridized carbons (Fsp3) is 0.462. The Morgan fingerprint density at radius 3 is 2.39 bits per heavy atom. The van der Waals surface area contributed by atoms with E-state index in [9.17, 15) is 18.3 Å². The van der Waals surface area contributed by atoms with Gasteiger partial charge in [-0.3, -0.25) is 0 Å². The molecule has 0 bridgehead atoms. The van der Waals surface area contributed by atoms with Gasteiger partial charge in [0.2, 0.25) is 0 Å². The van der Waals surface area contributed by atoms with Crippen molar-refractivity contribution in [1.29, 1.82) is 0 Å². The van der Waals surface area contributed by atoms with Gasteiger partial charge in [0.15, 0.2) is 11.6 Å². The number of alkyl halides is 2. The number of hydrogen-bond donors (Lipinski definition) is 3. The zero-order valence-corrected chi connectivity index (χ0v) is 21.3. The number of ether oxygens (including phenoxy) is 2. The van der Waals surface area contributed by atoms with Gasteiger partial charge in [0.25, 0.3) is 0 Å². The molecule has 1 atom stereocenters. The summed E-state index contributed by atoms with van der Waals surface area (Å²) < 4.78 is 55.3. The van der Waals surface area contributed by atoms with Gasteiger partial charge >= 0.3 is 5.92 Å². The van der Waals surface area contributed by atoms with Crippen LogP contribution >= 0.6 is 0 Å². The van der Waals surface area contributed by atoms with Crippen LogP contribution in [0.3, 0.4) is 0 Å². The summed E-state index contributed by atoms with van der Waals surface area (Å²) in [6.45, 7) is 9.76. The highest BCUT2D eigenvalue weighted by atomic mass is 19.3. The predicted octanol–water partition coefficient (Wildman–Crippen LogP) is 5.50. The molecule has 36 heavy (non-hydrogen) atoms. The van der Waals surface area contributed by atoms with Gasteiger partial charge in [-0.2, -0.15) is 8.78 Å². The quantitative estimate of drug-likeness (QED) is 0.247. The highest BCUT2D eigenvalue weighted by Gasteiger charge is 2.47. The molecule has 0 aliphatic heterocycles. The number of hydrogen-bond acceptors (Lipinski definition) is 7. The number of nitrogens with one attached hydrogen (secondary N) is 1. The van der Waals surface area contributed by atoms with Gasteiger partial charge in [-0.15, -0.1) is 0 Å². The lowest BCUT2D eigenvalue weighted by Crippen LogP contribution is -2.40. The van der Waals surface area contributed by atoms with E-state index in [2.05, 4.69) is 15.3 Å².